The Morgan fingerprint density at radius 3 is 2.94 bits per heavy atom. The van der Waals surface area contributed by atoms with E-state index >= 15 is 0 Å². The molecule has 7 heteroatoms. The van der Waals surface area contributed by atoms with Crippen molar-refractivity contribution in [1.82, 2.24) is 15.5 Å². The number of aromatic amines is 1. The summed E-state index contributed by atoms with van der Waals surface area (Å²) in [6, 6.07) is 2.65. The van der Waals surface area contributed by atoms with Crippen molar-refractivity contribution >= 4 is 21.8 Å². The van der Waals surface area contributed by atoms with Gasteiger partial charge in [-0.25, -0.2) is 5.10 Å². The zero-order valence-electron chi connectivity index (χ0n) is 9.24. The van der Waals surface area contributed by atoms with Gasteiger partial charge in [0.15, 0.2) is 0 Å². The van der Waals surface area contributed by atoms with Crippen LogP contribution in [0.4, 0.5) is 0 Å². The summed E-state index contributed by atoms with van der Waals surface area (Å²) in [6.45, 7) is 1.78. The molecule has 1 aromatic heterocycles. The molecule has 0 unspecified atom stereocenters. The summed E-state index contributed by atoms with van der Waals surface area (Å²) in [5.74, 6) is -0.304. The number of H-pyrrole nitrogens is 1. The van der Waals surface area contributed by atoms with Crippen molar-refractivity contribution in [2.45, 2.75) is 6.42 Å². The molecule has 0 atom stereocenters. The first-order chi connectivity index (χ1) is 8.24. The summed E-state index contributed by atoms with van der Waals surface area (Å²) in [7, 11) is 0. The molecular weight excluding hydrogens is 290 g/mol. The number of aromatic nitrogens is 2. The van der Waals surface area contributed by atoms with Gasteiger partial charge in [-0.3, -0.25) is 9.59 Å². The highest BCUT2D eigenvalue weighted by Gasteiger charge is 2.05. The number of ether oxygens (including phenoxy) is 1. The second-order valence-electron chi connectivity index (χ2n) is 3.22. The molecule has 2 N–H and O–H groups in total. The van der Waals surface area contributed by atoms with E-state index in [2.05, 4.69) is 31.4 Å². The lowest BCUT2D eigenvalue weighted by molar-refractivity contribution is 0.0938. The van der Waals surface area contributed by atoms with Gasteiger partial charge in [0.2, 0.25) is 0 Å². The molecule has 1 aromatic rings. The van der Waals surface area contributed by atoms with Crippen LogP contribution in [-0.4, -0.2) is 41.2 Å². The second-order valence-corrected chi connectivity index (χ2v) is 4.01. The number of rotatable bonds is 7. The van der Waals surface area contributed by atoms with Crippen molar-refractivity contribution in [3.8, 4) is 0 Å². The first kappa shape index (κ1) is 13.9. The summed E-state index contributed by atoms with van der Waals surface area (Å²) in [6.07, 6.45) is 0.738. The Hall–Kier alpha value is -1.21. The SMILES string of the molecule is O=C(NCCCOCCBr)c1ccc(=O)[nH]n1. The fourth-order valence-corrected chi connectivity index (χ4v) is 1.32. The molecule has 0 spiro atoms. The summed E-state index contributed by atoms with van der Waals surface area (Å²) < 4.78 is 5.22. The van der Waals surface area contributed by atoms with Gasteiger partial charge >= 0.3 is 0 Å². The third-order valence-electron chi connectivity index (χ3n) is 1.88. The van der Waals surface area contributed by atoms with Crippen molar-refractivity contribution in [2.75, 3.05) is 25.1 Å². The van der Waals surface area contributed by atoms with E-state index in [-0.39, 0.29) is 17.2 Å². The average Bonchev–Trinajstić information content (AvgIpc) is 2.34. The van der Waals surface area contributed by atoms with Crippen LogP contribution in [0.2, 0.25) is 0 Å². The molecule has 0 bridgehead atoms. The highest BCUT2D eigenvalue weighted by molar-refractivity contribution is 9.09. The Labute approximate surface area is 107 Å². The molecule has 1 amide bonds. The van der Waals surface area contributed by atoms with E-state index in [0.717, 1.165) is 11.8 Å². The number of hydrogen-bond donors (Lipinski definition) is 2. The number of carbonyl (C=O) groups excluding carboxylic acids is 1. The minimum atomic E-state index is -0.329. The standard InChI is InChI=1S/C10H14BrN3O3/c11-4-7-17-6-1-5-12-10(16)8-2-3-9(15)14-13-8/h2-3H,1,4-7H2,(H,12,16)(H,14,15). The van der Waals surface area contributed by atoms with E-state index in [9.17, 15) is 9.59 Å². The van der Waals surface area contributed by atoms with Gasteiger partial charge in [-0.2, -0.15) is 5.10 Å². The Kier molecular flexibility index (Phi) is 6.49. The molecule has 1 rings (SSSR count). The zero-order chi connectivity index (χ0) is 12.5. The maximum atomic E-state index is 11.5. The van der Waals surface area contributed by atoms with Gasteiger partial charge in [-0.1, -0.05) is 15.9 Å². The summed E-state index contributed by atoms with van der Waals surface area (Å²) in [5, 5.41) is 9.31. The topological polar surface area (TPSA) is 84.1 Å². The maximum absolute atomic E-state index is 11.5. The van der Waals surface area contributed by atoms with Crippen LogP contribution in [0.1, 0.15) is 16.9 Å². The van der Waals surface area contributed by atoms with Crippen molar-refractivity contribution < 1.29 is 9.53 Å². The summed E-state index contributed by atoms with van der Waals surface area (Å²) >= 11 is 3.25. The molecule has 6 nitrogen and oxygen atoms in total. The largest absolute Gasteiger partial charge is 0.381 e. The minimum Gasteiger partial charge on any atom is -0.381 e. The van der Waals surface area contributed by atoms with E-state index in [4.69, 9.17) is 4.74 Å². The van der Waals surface area contributed by atoms with Crippen molar-refractivity contribution in [1.29, 1.82) is 0 Å². The molecular formula is C10H14BrN3O3. The van der Waals surface area contributed by atoms with Crippen LogP contribution in [0.25, 0.3) is 0 Å². The smallest absolute Gasteiger partial charge is 0.271 e. The summed E-state index contributed by atoms with van der Waals surface area (Å²) in [5.41, 5.74) is -0.129. The molecule has 1 heterocycles. The van der Waals surface area contributed by atoms with E-state index in [1.807, 2.05) is 0 Å². The summed E-state index contributed by atoms with van der Waals surface area (Å²) in [4.78, 5) is 22.2. The average molecular weight is 304 g/mol. The second kappa shape index (κ2) is 7.97. The van der Waals surface area contributed by atoms with E-state index in [1.165, 1.54) is 12.1 Å². The zero-order valence-corrected chi connectivity index (χ0v) is 10.8. The predicted molar refractivity (Wildman–Crippen MR) is 66.4 cm³/mol. The van der Waals surface area contributed by atoms with Crippen LogP contribution < -0.4 is 10.9 Å². The fraction of sp³-hybridized carbons (Fsp3) is 0.500. The van der Waals surface area contributed by atoms with Crippen LogP contribution in [0.5, 0.6) is 0 Å². The Bertz CT molecular complexity index is 388. The molecule has 94 valence electrons. The van der Waals surface area contributed by atoms with Crippen LogP contribution >= 0.6 is 15.9 Å². The number of nitrogens with one attached hydrogen (secondary N) is 2. The maximum Gasteiger partial charge on any atom is 0.271 e. The van der Waals surface area contributed by atoms with Gasteiger partial charge in [0, 0.05) is 24.5 Å². The number of hydrogen-bond acceptors (Lipinski definition) is 4. The van der Waals surface area contributed by atoms with E-state index in [1.54, 1.807) is 0 Å². The molecule has 0 aliphatic carbocycles. The highest BCUT2D eigenvalue weighted by Crippen LogP contribution is 1.89. The normalized spacial score (nSPS) is 10.2. The third kappa shape index (κ3) is 5.60. The van der Waals surface area contributed by atoms with E-state index < -0.39 is 0 Å². The van der Waals surface area contributed by atoms with Gasteiger partial charge in [-0.05, 0) is 12.5 Å². The molecule has 0 radical (unpaired) electrons. The Balaban J connectivity index is 2.21. The van der Waals surface area contributed by atoms with Crippen LogP contribution in [-0.2, 0) is 4.74 Å². The number of halogens is 1. The molecule has 17 heavy (non-hydrogen) atoms. The lowest BCUT2D eigenvalue weighted by atomic mass is 10.3. The van der Waals surface area contributed by atoms with Gasteiger partial charge in [0.25, 0.3) is 11.5 Å². The quantitative estimate of drug-likeness (QED) is 0.560. The minimum absolute atomic E-state index is 0.200. The first-order valence-corrected chi connectivity index (χ1v) is 6.34. The lowest BCUT2D eigenvalue weighted by Gasteiger charge is -2.04. The molecule has 0 fully saturated rings. The number of nitrogens with zero attached hydrogens (tertiary/aromatic N) is 1. The van der Waals surface area contributed by atoms with Crippen LogP contribution in [0.3, 0.4) is 0 Å². The fourth-order valence-electron chi connectivity index (χ4n) is 1.09. The van der Waals surface area contributed by atoms with Crippen LogP contribution in [0.15, 0.2) is 16.9 Å². The number of alkyl halides is 1. The van der Waals surface area contributed by atoms with Crippen molar-refractivity contribution in [3.63, 3.8) is 0 Å². The van der Waals surface area contributed by atoms with Crippen LogP contribution in [0, 0.1) is 0 Å². The van der Waals surface area contributed by atoms with Gasteiger partial charge in [0.05, 0.1) is 6.61 Å². The first-order valence-electron chi connectivity index (χ1n) is 5.21. The monoisotopic (exact) mass is 303 g/mol. The van der Waals surface area contributed by atoms with Gasteiger partial charge in [-0.15, -0.1) is 0 Å². The predicted octanol–water partition coefficient (Wildman–Crippen LogP) is 0.301. The van der Waals surface area contributed by atoms with E-state index in [0.29, 0.717) is 19.8 Å². The number of carbonyl (C=O) groups is 1. The van der Waals surface area contributed by atoms with Gasteiger partial charge in [0.1, 0.15) is 5.69 Å². The number of amides is 1. The molecule has 0 aliphatic rings. The van der Waals surface area contributed by atoms with Crippen molar-refractivity contribution in [3.05, 3.63) is 28.2 Å². The highest BCUT2D eigenvalue weighted by atomic mass is 79.9. The Morgan fingerprint density at radius 1 is 1.47 bits per heavy atom. The Morgan fingerprint density at radius 2 is 2.29 bits per heavy atom. The molecule has 0 aliphatic heterocycles. The third-order valence-corrected chi connectivity index (χ3v) is 2.21. The molecule has 0 saturated carbocycles. The van der Waals surface area contributed by atoms with Crippen molar-refractivity contribution in [2.24, 2.45) is 0 Å². The lowest BCUT2D eigenvalue weighted by Crippen LogP contribution is -2.27. The van der Waals surface area contributed by atoms with Gasteiger partial charge < -0.3 is 10.1 Å². The molecule has 0 aromatic carbocycles. The molecule has 0 saturated heterocycles.